The molecule has 8 nitrogen and oxygen atoms in total. The molecule has 1 amide bonds. The number of nitrogens with zero attached hydrogens (tertiary/aromatic N) is 5. The van der Waals surface area contributed by atoms with Crippen molar-refractivity contribution in [2.24, 2.45) is 0 Å². The van der Waals surface area contributed by atoms with Crippen molar-refractivity contribution in [1.82, 2.24) is 25.2 Å². The van der Waals surface area contributed by atoms with Crippen LogP contribution < -0.4 is 5.32 Å². The number of hydrogen-bond donors (Lipinski definition) is 1. The van der Waals surface area contributed by atoms with Crippen molar-refractivity contribution < 1.29 is 9.32 Å². The van der Waals surface area contributed by atoms with Crippen molar-refractivity contribution in [3.63, 3.8) is 0 Å². The normalized spacial score (nSPS) is 22.1. The minimum atomic E-state index is -0.0884. The summed E-state index contributed by atoms with van der Waals surface area (Å²) in [7, 11) is 0. The van der Waals surface area contributed by atoms with Gasteiger partial charge in [-0.25, -0.2) is 0 Å². The maximum atomic E-state index is 12.1. The number of likely N-dealkylation sites (tertiary alicyclic amines) is 1. The van der Waals surface area contributed by atoms with Crippen LogP contribution in [-0.2, 0) is 4.79 Å². The zero-order valence-electron chi connectivity index (χ0n) is 11.9. The molecule has 2 aromatic heterocycles. The van der Waals surface area contributed by atoms with E-state index in [0.29, 0.717) is 23.4 Å². The Balaban J connectivity index is 1.40. The average Bonchev–Trinajstić information content (AvgIpc) is 2.95. The van der Waals surface area contributed by atoms with Gasteiger partial charge in [-0.2, -0.15) is 4.98 Å². The Morgan fingerprint density at radius 2 is 2.36 bits per heavy atom. The van der Waals surface area contributed by atoms with E-state index >= 15 is 0 Å². The molecule has 22 heavy (non-hydrogen) atoms. The Bertz CT molecular complexity index is 653. The highest BCUT2D eigenvalue weighted by Gasteiger charge is 2.34. The van der Waals surface area contributed by atoms with Gasteiger partial charge in [-0.3, -0.25) is 15.0 Å². The van der Waals surface area contributed by atoms with Crippen LogP contribution in [0.25, 0.3) is 0 Å². The molecule has 0 radical (unpaired) electrons. The van der Waals surface area contributed by atoms with Crippen molar-refractivity contribution in [2.75, 3.05) is 18.4 Å². The van der Waals surface area contributed by atoms with Gasteiger partial charge >= 0.3 is 0 Å². The first-order valence-corrected chi connectivity index (χ1v) is 8.31. The molecule has 1 aliphatic heterocycles. The number of hydrogen-bond acceptors (Lipinski definition) is 8. The summed E-state index contributed by atoms with van der Waals surface area (Å²) in [6, 6.07) is 0.0661. The smallest absolute Gasteiger partial charge is 0.240 e. The fourth-order valence-corrected chi connectivity index (χ4v) is 3.22. The molecular weight excluding hydrogens is 304 g/mol. The van der Waals surface area contributed by atoms with Gasteiger partial charge in [0, 0.05) is 5.92 Å². The summed E-state index contributed by atoms with van der Waals surface area (Å²) < 4.78 is 5.33. The third-order valence-corrected chi connectivity index (χ3v) is 4.61. The van der Waals surface area contributed by atoms with E-state index in [4.69, 9.17) is 4.52 Å². The van der Waals surface area contributed by atoms with Gasteiger partial charge < -0.3 is 4.52 Å². The second-order valence-electron chi connectivity index (χ2n) is 5.69. The largest absolute Gasteiger partial charge is 0.339 e. The monoisotopic (exact) mass is 320 g/mol. The molecule has 1 aliphatic carbocycles. The van der Waals surface area contributed by atoms with Gasteiger partial charge in [0.2, 0.25) is 16.9 Å². The Kier molecular flexibility index (Phi) is 3.59. The lowest BCUT2D eigenvalue weighted by Gasteiger charge is -2.20. The Morgan fingerprint density at radius 3 is 3.14 bits per heavy atom. The number of anilines is 1. The topological polar surface area (TPSA) is 97.0 Å². The van der Waals surface area contributed by atoms with E-state index in [1.54, 1.807) is 5.51 Å². The molecule has 1 N–H and O–H groups in total. The summed E-state index contributed by atoms with van der Waals surface area (Å²) in [5, 5.41) is 14.9. The van der Waals surface area contributed by atoms with E-state index in [-0.39, 0.29) is 11.9 Å². The second kappa shape index (κ2) is 5.73. The minimum absolute atomic E-state index is 0.0661. The standard InChI is InChI=1S/C13H16N6O2S/c20-10(15-13-17-14-7-22-13)6-19-5-1-2-9(19)11-16-12(21-18-11)8-3-4-8/h7-9H,1-6H2,(H,15,17,20)/t9-/m0/s1. The number of amides is 1. The predicted octanol–water partition coefficient (Wildman–Crippen LogP) is 1.57. The predicted molar refractivity (Wildman–Crippen MR) is 78.4 cm³/mol. The van der Waals surface area contributed by atoms with Crippen LogP contribution in [0.2, 0.25) is 0 Å². The molecule has 1 atom stereocenters. The number of carbonyl (C=O) groups is 1. The van der Waals surface area contributed by atoms with Crippen LogP contribution in [0.3, 0.4) is 0 Å². The molecule has 4 rings (SSSR count). The highest BCUT2D eigenvalue weighted by atomic mass is 32.1. The molecule has 2 fully saturated rings. The van der Waals surface area contributed by atoms with Crippen molar-refractivity contribution in [1.29, 1.82) is 0 Å². The minimum Gasteiger partial charge on any atom is -0.339 e. The van der Waals surface area contributed by atoms with Crippen molar-refractivity contribution in [3.05, 3.63) is 17.2 Å². The fraction of sp³-hybridized carbons (Fsp3) is 0.615. The molecule has 9 heteroatoms. The van der Waals surface area contributed by atoms with Gasteiger partial charge in [-0.15, -0.1) is 10.2 Å². The lowest BCUT2D eigenvalue weighted by Crippen LogP contribution is -2.33. The van der Waals surface area contributed by atoms with Gasteiger partial charge in [0.15, 0.2) is 5.82 Å². The lowest BCUT2D eigenvalue weighted by molar-refractivity contribution is -0.117. The zero-order valence-corrected chi connectivity index (χ0v) is 12.8. The first-order chi connectivity index (χ1) is 10.8. The van der Waals surface area contributed by atoms with E-state index in [0.717, 1.165) is 38.1 Å². The van der Waals surface area contributed by atoms with Crippen LogP contribution in [0, 0.1) is 0 Å². The number of aromatic nitrogens is 4. The highest BCUT2D eigenvalue weighted by Crippen LogP contribution is 2.40. The maximum Gasteiger partial charge on any atom is 0.240 e. The van der Waals surface area contributed by atoms with Crippen molar-refractivity contribution in [2.45, 2.75) is 37.6 Å². The summed E-state index contributed by atoms with van der Waals surface area (Å²) in [6.45, 7) is 1.17. The molecule has 0 spiro atoms. The van der Waals surface area contributed by atoms with Gasteiger partial charge in [0.1, 0.15) is 5.51 Å². The van der Waals surface area contributed by atoms with Crippen LogP contribution in [0.1, 0.15) is 49.4 Å². The van der Waals surface area contributed by atoms with Gasteiger partial charge in [0.25, 0.3) is 0 Å². The third kappa shape index (κ3) is 2.86. The fourth-order valence-electron chi connectivity index (χ4n) is 2.76. The SMILES string of the molecule is O=C(CN1CCC[C@H]1c1noc(C2CC2)n1)Nc1nncs1. The third-order valence-electron chi connectivity index (χ3n) is 4.00. The molecular formula is C13H16N6O2S. The van der Waals surface area contributed by atoms with Gasteiger partial charge in [-0.05, 0) is 32.2 Å². The molecule has 1 saturated carbocycles. The number of carbonyl (C=O) groups excluding carboxylic acids is 1. The summed E-state index contributed by atoms with van der Waals surface area (Å²) in [5.74, 6) is 1.83. The van der Waals surface area contributed by atoms with Crippen LogP contribution in [0.15, 0.2) is 10.0 Å². The average molecular weight is 320 g/mol. The Labute approximate surface area is 130 Å². The maximum absolute atomic E-state index is 12.1. The van der Waals surface area contributed by atoms with Crippen LogP contribution >= 0.6 is 11.3 Å². The van der Waals surface area contributed by atoms with Gasteiger partial charge in [-0.1, -0.05) is 16.5 Å². The summed E-state index contributed by atoms with van der Waals surface area (Å²) >= 11 is 1.31. The summed E-state index contributed by atoms with van der Waals surface area (Å²) in [4.78, 5) is 18.7. The van der Waals surface area contributed by atoms with E-state index in [1.807, 2.05) is 0 Å². The van der Waals surface area contributed by atoms with E-state index in [2.05, 4.69) is 30.6 Å². The Morgan fingerprint density at radius 1 is 1.45 bits per heavy atom. The lowest BCUT2D eigenvalue weighted by atomic mass is 10.2. The molecule has 2 aliphatic rings. The van der Waals surface area contributed by atoms with Crippen molar-refractivity contribution >= 4 is 22.4 Å². The molecule has 3 heterocycles. The summed E-state index contributed by atoms with van der Waals surface area (Å²) in [6.07, 6.45) is 4.26. The molecule has 0 unspecified atom stereocenters. The number of nitrogens with one attached hydrogen (secondary N) is 1. The quantitative estimate of drug-likeness (QED) is 0.893. The Hall–Kier alpha value is -1.87. The van der Waals surface area contributed by atoms with E-state index in [9.17, 15) is 4.79 Å². The molecule has 0 bridgehead atoms. The molecule has 2 aromatic rings. The first kappa shape index (κ1) is 13.8. The van der Waals surface area contributed by atoms with E-state index < -0.39 is 0 Å². The first-order valence-electron chi connectivity index (χ1n) is 7.43. The van der Waals surface area contributed by atoms with Gasteiger partial charge in [0.05, 0.1) is 12.6 Å². The highest BCUT2D eigenvalue weighted by molar-refractivity contribution is 7.13. The van der Waals surface area contributed by atoms with Crippen molar-refractivity contribution in [3.8, 4) is 0 Å². The molecule has 0 aromatic carbocycles. The zero-order chi connectivity index (χ0) is 14.9. The van der Waals surface area contributed by atoms with Crippen LogP contribution in [-0.4, -0.2) is 44.2 Å². The van der Waals surface area contributed by atoms with E-state index in [1.165, 1.54) is 11.3 Å². The molecule has 1 saturated heterocycles. The summed E-state index contributed by atoms with van der Waals surface area (Å²) in [5.41, 5.74) is 1.59. The van der Waals surface area contributed by atoms with Crippen LogP contribution in [0.4, 0.5) is 5.13 Å². The van der Waals surface area contributed by atoms with Crippen LogP contribution in [0.5, 0.6) is 0 Å². The number of rotatable bonds is 5. The second-order valence-corrected chi connectivity index (χ2v) is 6.52. The molecule has 116 valence electrons.